The Bertz CT molecular complexity index is 307. The Morgan fingerprint density at radius 2 is 1.83 bits per heavy atom. The number of nitrogens with two attached hydrogens (primary N) is 1. The lowest BCUT2D eigenvalue weighted by molar-refractivity contribution is -0.150. The number of carbonyl (C=O) groups excluding carboxylic acids is 2. The molecule has 0 aliphatic heterocycles. The second-order valence-corrected chi connectivity index (χ2v) is 5.70. The number of methoxy groups -OCH3 is 1. The first-order valence-electron chi connectivity index (χ1n) is 6.48. The molecule has 0 spiro atoms. The van der Waals surface area contributed by atoms with E-state index in [1.165, 1.54) is 7.11 Å². The molecule has 5 nitrogen and oxygen atoms in total. The summed E-state index contributed by atoms with van der Waals surface area (Å²) in [7, 11) is 1.36. The lowest BCUT2D eigenvalue weighted by Crippen LogP contribution is -2.43. The molecule has 0 radical (unpaired) electrons. The zero-order valence-corrected chi connectivity index (χ0v) is 11.5. The molecule has 0 bridgehead atoms. The van der Waals surface area contributed by atoms with Crippen molar-refractivity contribution < 1.29 is 14.3 Å². The average molecular weight is 256 g/mol. The maximum atomic E-state index is 12.0. The van der Waals surface area contributed by atoms with Crippen molar-refractivity contribution in [1.82, 2.24) is 5.32 Å². The van der Waals surface area contributed by atoms with Crippen LogP contribution in [-0.4, -0.2) is 31.6 Å². The quantitative estimate of drug-likeness (QED) is 0.730. The molecule has 1 rings (SSSR count). The van der Waals surface area contributed by atoms with E-state index in [0.717, 1.165) is 25.7 Å². The Morgan fingerprint density at radius 3 is 2.33 bits per heavy atom. The van der Waals surface area contributed by atoms with Gasteiger partial charge in [0.25, 0.3) is 0 Å². The molecule has 1 fully saturated rings. The van der Waals surface area contributed by atoms with Gasteiger partial charge in [-0.3, -0.25) is 9.59 Å². The summed E-state index contributed by atoms with van der Waals surface area (Å²) in [5, 5.41) is 2.84. The number of hydrogen-bond acceptors (Lipinski definition) is 4. The summed E-state index contributed by atoms with van der Waals surface area (Å²) in [5.74, 6) is -0.245. The van der Waals surface area contributed by atoms with Crippen molar-refractivity contribution >= 4 is 11.9 Å². The molecule has 3 N–H and O–H groups in total. The molecule has 1 saturated carbocycles. The summed E-state index contributed by atoms with van der Waals surface area (Å²) in [4.78, 5) is 23.4. The Balaban J connectivity index is 2.39. The lowest BCUT2D eigenvalue weighted by Gasteiger charge is -2.27. The summed E-state index contributed by atoms with van der Waals surface area (Å²) in [6.45, 7) is 3.83. The molecule has 104 valence electrons. The number of rotatable bonds is 4. The van der Waals surface area contributed by atoms with Crippen molar-refractivity contribution in [2.45, 2.75) is 45.6 Å². The second kappa shape index (κ2) is 6.18. The highest BCUT2D eigenvalue weighted by atomic mass is 16.5. The first-order chi connectivity index (χ1) is 8.36. The van der Waals surface area contributed by atoms with Crippen molar-refractivity contribution in [1.29, 1.82) is 0 Å². The molecule has 0 atom stereocenters. The van der Waals surface area contributed by atoms with E-state index in [-0.39, 0.29) is 23.8 Å². The van der Waals surface area contributed by atoms with Crippen LogP contribution in [0.3, 0.4) is 0 Å². The first-order valence-corrected chi connectivity index (χ1v) is 6.48. The third-order valence-electron chi connectivity index (χ3n) is 3.59. The minimum absolute atomic E-state index is 0.0267. The zero-order valence-electron chi connectivity index (χ0n) is 11.5. The summed E-state index contributed by atoms with van der Waals surface area (Å²) in [6.07, 6.45) is 3.48. The van der Waals surface area contributed by atoms with Crippen LogP contribution in [0.15, 0.2) is 0 Å². The van der Waals surface area contributed by atoms with E-state index in [9.17, 15) is 9.59 Å². The van der Waals surface area contributed by atoms with Gasteiger partial charge in [0, 0.05) is 18.5 Å². The topological polar surface area (TPSA) is 81.4 Å². The summed E-state index contributed by atoms with van der Waals surface area (Å²) in [5.41, 5.74) is 5.12. The fourth-order valence-corrected chi connectivity index (χ4v) is 2.18. The van der Waals surface area contributed by atoms with Gasteiger partial charge >= 0.3 is 5.97 Å². The van der Waals surface area contributed by atoms with Crippen LogP contribution in [0.4, 0.5) is 0 Å². The molecule has 0 saturated heterocycles. The van der Waals surface area contributed by atoms with Crippen LogP contribution in [0.25, 0.3) is 0 Å². The van der Waals surface area contributed by atoms with Crippen molar-refractivity contribution in [3.63, 3.8) is 0 Å². The Hall–Kier alpha value is -1.10. The van der Waals surface area contributed by atoms with Gasteiger partial charge < -0.3 is 15.8 Å². The van der Waals surface area contributed by atoms with Crippen LogP contribution in [-0.2, 0) is 14.3 Å². The molecule has 0 aromatic rings. The molecule has 0 heterocycles. The zero-order chi connectivity index (χ0) is 13.8. The van der Waals surface area contributed by atoms with Crippen LogP contribution in [0.5, 0.6) is 0 Å². The van der Waals surface area contributed by atoms with E-state index < -0.39 is 5.41 Å². The monoisotopic (exact) mass is 256 g/mol. The third kappa shape index (κ3) is 3.98. The SMILES string of the molecule is COC(=O)C(C)(C)CNC(=O)C1CCC(N)CC1. The highest BCUT2D eigenvalue weighted by Gasteiger charge is 2.31. The smallest absolute Gasteiger partial charge is 0.313 e. The second-order valence-electron chi connectivity index (χ2n) is 5.70. The van der Waals surface area contributed by atoms with E-state index in [1.807, 2.05) is 0 Å². The number of hydrogen-bond donors (Lipinski definition) is 2. The van der Waals surface area contributed by atoms with Crippen molar-refractivity contribution in [2.24, 2.45) is 17.1 Å². The highest BCUT2D eigenvalue weighted by molar-refractivity contribution is 5.81. The minimum atomic E-state index is -0.685. The first kappa shape index (κ1) is 15.0. The maximum absolute atomic E-state index is 12.0. The average Bonchev–Trinajstić information content (AvgIpc) is 2.35. The Labute approximate surface area is 108 Å². The maximum Gasteiger partial charge on any atom is 0.313 e. The fraction of sp³-hybridized carbons (Fsp3) is 0.846. The van der Waals surface area contributed by atoms with Gasteiger partial charge in [-0.2, -0.15) is 0 Å². The number of amides is 1. The van der Waals surface area contributed by atoms with Gasteiger partial charge in [-0.05, 0) is 39.5 Å². The van der Waals surface area contributed by atoms with Crippen LogP contribution in [0.2, 0.25) is 0 Å². The highest BCUT2D eigenvalue weighted by Crippen LogP contribution is 2.23. The van der Waals surface area contributed by atoms with E-state index in [1.54, 1.807) is 13.8 Å². The van der Waals surface area contributed by atoms with Gasteiger partial charge in [-0.15, -0.1) is 0 Å². The van der Waals surface area contributed by atoms with Gasteiger partial charge in [0.2, 0.25) is 5.91 Å². The lowest BCUT2D eigenvalue weighted by atomic mass is 9.85. The van der Waals surface area contributed by atoms with E-state index >= 15 is 0 Å². The van der Waals surface area contributed by atoms with E-state index in [0.29, 0.717) is 6.54 Å². The molecule has 1 aliphatic carbocycles. The summed E-state index contributed by atoms with van der Waals surface area (Å²) < 4.78 is 4.70. The number of ether oxygens (including phenoxy) is 1. The number of esters is 1. The molecule has 5 heteroatoms. The molecular weight excluding hydrogens is 232 g/mol. The Kier molecular flexibility index (Phi) is 5.14. The van der Waals surface area contributed by atoms with Crippen molar-refractivity contribution in [2.75, 3.05) is 13.7 Å². The Morgan fingerprint density at radius 1 is 1.28 bits per heavy atom. The summed E-state index contributed by atoms with van der Waals surface area (Å²) >= 11 is 0. The standard InChI is InChI=1S/C13H24N2O3/c1-13(2,12(17)18-3)8-15-11(16)9-4-6-10(14)7-5-9/h9-10H,4-8,14H2,1-3H3,(H,15,16). The van der Waals surface area contributed by atoms with Crippen LogP contribution in [0.1, 0.15) is 39.5 Å². The predicted molar refractivity (Wildman–Crippen MR) is 68.7 cm³/mol. The predicted octanol–water partition coefficient (Wildman–Crippen LogP) is 0.819. The van der Waals surface area contributed by atoms with Crippen LogP contribution < -0.4 is 11.1 Å². The van der Waals surface area contributed by atoms with Gasteiger partial charge in [0.05, 0.1) is 12.5 Å². The molecular formula is C13H24N2O3. The third-order valence-corrected chi connectivity index (χ3v) is 3.59. The van der Waals surface area contributed by atoms with Gasteiger partial charge in [-0.1, -0.05) is 0 Å². The minimum Gasteiger partial charge on any atom is -0.469 e. The molecule has 1 amide bonds. The van der Waals surface area contributed by atoms with Gasteiger partial charge in [-0.25, -0.2) is 0 Å². The molecule has 0 unspecified atom stereocenters. The molecule has 18 heavy (non-hydrogen) atoms. The van der Waals surface area contributed by atoms with Crippen molar-refractivity contribution in [3.8, 4) is 0 Å². The number of carbonyl (C=O) groups is 2. The molecule has 0 aromatic carbocycles. The number of nitrogens with one attached hydrogen (secondary N) is 1. The van der Waals surface area contributed by atoms with Crippen LogP contribution in [0, 0.1) is 11.3 Å². The van der Waals surface area contributed by atoms with E-state index in [2.05, 4.69) is 5.32 Å². The van der Waals surface area contributed by atoms with Gasteiger partial charge in [0.1, 0.15) is 0 Å². The largest absolute Gasteiger partial charge is 0.469 e. The van der Waals surface area contributed by atoms with Crippen LogP contribution >= 0.6 is 0 Å². The molecule has 0 aromatic heterocycles. The van der Waals surface area contributed by atoms with Crippen molar-refractivity contribution in [3.05, 3.63) is 0 Å². The molecule has 1 aliphatic rings. The summed E-state index contributed by atoms with van der Waals surface area (Å²) in [6, 6.07) is 0.237. The fourth-order valence-electron chi connectivity index (χ4n) is 2.18. The normalized spacial score (nSPS) is 24.4. The van der Waals surface area contributed by atoms with Gasteiger partial charge in [0.15, 0.2) is 0 Å². The van der Waals surface area contributed by atoms with E-state index in [4.69, 9.17) is 10.5 Å².